The van der Waals surface area contributed by atoms with E-state index in [0.29, 0.717) is 16.3 Å². The van der Waals surface area contributed by atoms with Gasteiger partial charge in [0.1, 0.15) is 11.9 Å². The summed E-state index contributed by atoms with van der Waals surface area (Å²) in [6.45, 7) is 4.67. The van der Waals surface area contributed by atoms with Gasteiger partial charge in [0.15, 0.2) is 11.6 Å². The number of anilines is 1. The lowest BCUT2D eigenvalue weighted by molar-refractivity contribution is 0.227. The van der Waals surface area contributed by atoms with E-state index in [1.54, 1.807) is 19.2 Å². The number of rotatable bonds is 4. The van der Waals surface area contributed by atoms with Crippen molar-refractivity contribution in [2.75, 3.05) is 18.8 Å². The summed E-state index contributed by atoms with van der Waals surface area (Å²) in [5, 5.41) is 8.52. The van der Waals surface area contributed by atoms with Crippen LogP contribution in [0.4, 0.5) is 10.2 Å². The number of aromatic nitrogens is 3. The Morgan fingerprint density at radius 1 is 1.28 bits per heavy atom. The van der Waals surface area contributed by atoms with Gasteiger partial charge >= 0.3 is 0 Å². The molecular formula is C22H23Cl3FN5O. The van der Waals surface area contributed by atoms with E-state index in [4.69, 9.17) is 38.8 Å². The number of nitrogens with one attached hydrogen (secondary N) is 1. The SMILES string of the molecule is CC(Oc1cc(-c2cc3n(n2)CC[C@@]32CCNC2)cnc1N)c1c(Cl)ccc(F)c1Cl.Cl. The van der Waals surface area contributed by atoms with Gasteiger partial charge in [-0.25, -0.2) is 9.37 Å². The zero-order valence-electron chi connectivity index (χ0n) is 17.4. The molecule has 2 aromatic heterocycles. The second-order valence-electron chi connectivity index (χ2n) is 8.22. The fraction of sp³-hybridized carbons (Fsp3) is 0.364. The number of nitrogen functional groups attached to an aromatic ring is 1. The minimum absolute atomic E-state index is 0. The van der Waals surface area contributed by atoms with Crippen LogP contribution in [0.15, 0.2) is 30.5 Å². The number of hydrogen-bond donors (Lipinski definition) is 2. The Morgan fingerprint density at radius 3 is 2.84 bits per heavy atom. The molecule has 2 atom stereocenters. The summed E-state index contributed by atoms with van der Waals surface area (Å²) in [6.07, 6.45) is 3.30. The van der Waals surface area contributed by atoms with Crippen LogP contribution >= 0.6 is 35.6 Å². The van der Waals surface area contributed by atoms with Crippen LogP contribution in [-0.2, 0) is 12.0 Å². The molecular weight excluding hydrogens is 476 g/mol. The van der Waals surface area contributed by atoms with Gasteiger partial charge in [0.2, 0.25) is 0 Å². The minimum atomic E-state index is -0.630. The number of nitrogens with zero attached hydrogens (tertiary/aromatic N) is 3. The van der Waals surface area contributed by atoms with Crippen molar-refractivity contribution in [1.82, 2.24) is 20.1 Å². The van der Waals surface area contributed by atoms with Gasteiger partial charge in [-0.15, -0.1) is 12.4 Å². The molecule has 0 radical (unpaired) electrons. The fourth-order valence-electron chi connectivity index (χ4n) is 4.63. The molecule has 1 fully saturated rings. The van der Waals surface area contributed by atoms with E-state index >= 15 is 0 Å². The van der Waals surface area contributed by atoms with Crippen molar-refractivity contribution < 1.29 is 9.13 Å². The highest BCUT2D eigenvalue weighted by atomic mass is 35.5. The van der Waals surface area contributed by atoms with Gasteiger partial charge in [-0.1, -0.05) is 23.2 Å². The highest BCUT2D eigenvalue weighted by Gasteiger charge is 2.42. The first-order valence-corrected chi connectivity index (χ1v) is 11.0. The van der Waals surface area contributed by atoms with Gasteiger partial charge < -0.3 is 15.8 Å². The van der Waals surface area contributed by atoms with Crippen LogP contribution in [0, 0.1) is 5.82 Å². The average molecular weight is 499 g/mol. The Bertz CT molecular complexity index is 1160. The molecule has 2 aliphatic heterocycles. The molecule has 0 saturated carbocycles. The van der Waals surface area contributed by atoms with Crippen LogP contribution in [0.5, 0.6) is 5.75 Å². The van der Waals surface area contributed by atoms with Crippen LogP contribution in [-0.4, -0.2) is 27.9 Å². The zero-order valence-corrected chi connectivity index (χ0v) is 19.7. The number of halogens is 4. The Morgan fingerprint density at radius 2 is 2.09 bits per heavy atom. The summed E-state index contributed by atoms with van der Waals surface area (Å²) < 4.78 is 22.0. The molecule has 0 amide bonds. The smallest absolute Gasteiger partial charge is 0.166 e. The third-order valence-electron chi connectivity index (χ3n) is 6.34. The van der Waals surface area contributed by atoms with Crippen LogP contribution in [0.1, 0.15) is 37.1 Å². The molecule has 5 rings (SSSR count). The first-order valence-electron chi connectivity index (χ1n) is 10.2. The number of benzene rings is 1. The van der Waals surface area contributed by atoms with E-state index in [1.807, 2.05) is 0 Å². The maximum absolute atomic E-state index is 13.9. The van der Waals surface area contributed by atoms with Crippen molar-refractivity contribution >= 4 is 41.4 Å². The zero-order chi connectivity index (χ0) is 21.8. The van der Waals surface area contributed by atoms with E-state index in [1.165, 1.54) is 17.8 Å². The Hall–Kier alpha value is -2.06. The lowest BCUT2D eigenvalue weighted by Gasteiger charge is -2.20. The molecule has 6 nitrogen and oxygen atoms in total. The van der Waals surface area contributed by atoms with E-state index in [2.05, 4.69) is 21.0 Å². The van der Waals surface area contributed by atoms with E-state index in [0.717, 1.165) is 43.7 Å². The Labute approximate surface area is 201 Å². The van der Waals surface area contributed by atoms with Gasteiger partial charge in [-0.2, -0.15) is 5.10 Å². The largest absolute Gasteiger partial charge is 0.482 e. The first kappa shape index (κ1) is 23.1. The molecule has 1 saturated heterocycles. The summed E-state index contributed by atoms with van der Waals surface area (Å²) in [6, 6.07) is 6.62. The van der Waals surface area contributed by atoms with Crippen molar-refractivity contribution in [3.63, 3.8) is 0 Å². The molecule has 2 aliphatic rings. The standard InChI is InChI=1S/C22H22Cl2FN5O.ClH/c1-12(19-14(23)2-3-15(25)20(19)24)31-17-8-13(10-28-21(17)26)16-9-18-22(4-6-27-11-22)5-7-30(18)29-16;/h2-3,8-10,12,27H,4-7,11H2,1H3,(H2,26,28);1H/t12?,22-;/m1./s1. The first-order chi connectivity index (χ1) is 14.9. The molecule has 170 valence electrons. The predicted octanol–water partition coefficient (Wildman–Crippen LogP) is 5.17. The summed E-state index contributed by atoms with van der Waals surface area (Å²) in [7, 11) is 0. The quantitative estimate of drug-likeness (QED) is 0.485. The van der Waals surface area contributed by atoms with Crippen molar-refractivity contribution in [3.05, 3.63) is 57.6 Å². The third-order valence-corrected chi connectivity index (χ3v) is 7.05. The van der Waals surface area contributed by atoms with Gasteiger partial charge in [-0.3, -0.25) is 4.68 Å². The molecule has 1 spiro atoms. The van der Waals surface area contributed by atoms with Crippen molar-refractivity contribution in [2.45, 2.75) is 37.8 Å². The van der Waals surface area contributed by atoms with Crippen LogP contribution in [0.3, 0.4) is 0 Å². The van der Waals surface area contributed by atoms with Gasteiger partial charge in [0.05, 0.1) is 10.7 Å². The average Bonchev–Trinajstić information content (AvgIpc) is 3.46. The summed E-state index contributed by atoms with van der Waals surface area (Å²) in [4.78, 5) is 4.29. The maximum Gasteiger partial charge on any atom is 0.166 e. The summed E-state index contributed by atoms with van der Waals surface area (Å²) in [5.74, 6) is 0.0356. The molecule has 1 aromatic carbocycles. The van der Waals surface area contributed by atoms with Crippen molar-refractivity contribution in [2.24, 2.45) is 0 Å². The molecule has 0 aliphatic carbocycles. The third kappa shape index (κ3) is 3.81. The molecule has 32 heavy (non-hydrogen) atoms. The summed E-state index contributed by atoms with van der Waals surface area (Å²) >= 11 is 12.4. The van der Waals surface area contributed by atoms with Crippen molar-refractivity contribution in [3.8, 4) is 17.0 Å². The Kier molecular flexibility index (Phi) is 6.29. The molecule has 3 aromatic rings. The highest BCUT2D eigenvalue weighted by Crippen LogP contribution is 2.42. The summed E-state index contributed by atoms with van der Waals surface area (Å²) in [5.41, 5.74) is 9.48. The number of nitrogens with two attached hydrogens (primary N) is 1. The maximum atomic E-state index is 13.9. The van der Waals surface area contributed by atoms with Crippen molar-refractivity contribution in [1.29, 1.82) is 0 Å². The number of ether oxygens (including phenoxy) is 1. The van der Waals surface area contributed by atoms with Crippen LogP contribution < -0.4 is 15.8 Å². The van der Waals surface area contributed by atoms with Gasteiger partial charge in [-0.05, 0) is 50.6 Å². The fourth-order valence-corrected chi connectivity index (χ4v) is 5.31. The molecule has 1 unspecified atom stereocenters. The molecule has 3 N–H and O–H groups in total. The number of fused-ring (bicyclic) bond motifs is 2. The normalized spacial score (nSPS) is 20.2. The topological polar surface area (TPSA) is 78.0 Å². The number of hydrogen-bond acceptors (Lipinski definition) is 5. The molecule has 10 heteroatoms. The van der Waals surface area contributed by atoms with Crippen LogP contribution in [0.25, 0.3) is 11.3 Å². The predicted molar refractivity (Wildman–Crippen MR) is 126 cm³/mol. The Balaban J connectivity index is 0.00000245. The lowest BCUT2D eigenvalue weighted by Crippen LogP contribution is -2.25. The lowest BCUT2D eigenvalue weighted by atomic mass is 9.82. The van der Waals surface area contributed by atoms with E-state index in [9.17, 15) is 4.39 Å². The van der Waals surface area contributed by atoms with Gasteiger partial charge in [0.25, 0.3) is 0 Å². The van der Waals surface area contributed by atoms with E-state index < -0.39 is 11.9 Å². The highest BCUT2D eigenvalue weighted by molar-refractivity contribution is 6.36. The second-order valence-corrected chi connectivity index (χ2v) is 9.00. The molecule has 4 heterocycles. The van der Waals surface area contributed by atoms with Crippen LogP contribution in [0.2, 0.25) is 10.0 Å². The van der Waals surface area contributed by atoms with E-state index in [-0.39, 0.29) is 28.7 Å². The molecule has 0 bridgehead atoms. The second kappa shape index (κ2) is 8.71. The monoisotopic (exact) mass is 497 g/mol. The number of pyridine rings is 1. The number of aryl methyl sites for hydroxylation is 1. The van der Waals surface area contributed by atoms with Gasteiger partial charge in [0, 0.05) is 46.5 Å². The minimum Gasteiger partial charge on any atom is -0.482 e.